The second-order valence-electron chi connectivity index (χ2n) is 8.87. The van der Waals surface area contributed by atoms with Crippen molar-refractivity contribution in [3.05, 3.63) is 0 Å². The number of aliphatic carboxylic acids is 2. The van der Waals surface area contributed by atoms with Gasteiger partial charge in [0.15, 0.2) is 0 Å². The molecule has 0 fully saturated rings. The van der Waals surface area contributed by atoms with Gasteiger partial charge in [0.25, 0.3) is 0 Å². The second-order valence-corrected chi connectivity index (χ2v) is 10.9. The number of carbonyl (C=O) groups excluding carboxylic acids is 2. The third-order valence-electron chi connectivity index (χ3n) is 4.05. The molecule has 9 nitrogen and oxygen atoms in total. The number of carbonyl (C=O) groups is 4. The van der Waals surface area contributed by atoms with Crippen molar-refractivity contribution in [2.45, 2.75) is 83.2 Å². The molecular formula is C19H34N2O7Se. The van der Waals surface area contributed by atoms with Crippen LogP contribution < -0.4 is 10.6 Å². The fourth-order valence-electron chi connectivity index (χ4n) is 2.51. The number of carboxylic acids is 2. The first-order chi connectivity index (χ1) is 13.1. The summed E-state index contributed by atoms with van der Waals surface area (Å²) in [5.74, 6) is -2.02. The maximum absolute atomic E-state index is 12.8. The average Bonchev–Trinajstić information content (AvgIpc) is 2.51. The van der Waals surface area contributed by atoms with E-state index < -0.39 is 53.0 Å². The van der Waals surface area contributed by atoms with Crippen LogP contribution in [0.5, 0.6) is 0 Å². The number of hydrogen-bond donors (Lipinski definition) is 4. The molecule has 0 radical (unpaired) electrons. The summed E-state index contributed by atoms with van der Waals surface area (Å²) in [4.78, 5) is 48.1. The van der Waals surface area contributed by atoms with Gasteiger partial charge in [0.05, 0.1) is 0 Å². The van der Waals surface area contributed by atoms with Crippen LogP contribution >= 0.6 is 0 Å². The zero-order chi connectivity index (χ0) is 23.0. The molecule has 0 aromatic heterocycles. The Bertz CT molecular complexity index is 596. The van der Waals surface area contributed by atoms with Crippen LogP contribution in [0.2, 0.25) is 11.1 Å². The van der Waals surface area contributed by atoms with E-state index in [2.05, 4.69) is 10.6 Å². The molecule has 2 amide bonds. The van der Waals surface area contributed by atoms with Crippen molar-refractivity contribution in [3.8, 4) is 0 Å². The zero-order valence-electron chi connectivity index (χ0n) is 18.2. The minimum atomic E-state index is -1.25. The molecule has 0 aromatic rings. The quantitative estimate of drug-likeness (QED) is 0.350. The van der Waals surface area contributed by atoms with Crippen molar-refractivity contribution in [2.75, 3.05) is 0 Å². The van der Waals surface area contributed by atoms with Crippen LogP contribution in [-0.4, -0.2) is 66.8 Å². The summed E-state index contributed by atoms with van der Waals surface area (Å²) in [7, 11) is 0. The molecule has 0 aliphatic heterocycles. The Balaban J connectivity index is 5.58. The fraction of sp³-hybridized carbons (Fsp3) is 0.789. The molecule has 3 atom stereocenters. The summed E-state index contributed by atoms with van der Waals surface area (Å²) < 4.78 is 5.17. The third kappa shape index (κ3) is 11.1. The number of hydrogen-bond acceptors (Lipinski definition) is 5. The molecule has 0 saturated carbocycles. The Labute approximate surface area is 178 Å². The Morgan fingerprint density at radius 1 is 0.931 bits per heavy atom. The summed E-state index contributed by atoms with van der Waals surface area (Å²) in [6, 6.07) is -2.36. The normalized spacial score (nSPS) is 15.0. The summed E-state index contributed by atoms with van der Waals surface area (Å²) in [6.45, 7) is 10.1. The predicted molar refractivity (Wildman–Crippen MR) is 109 cm³/mol. The topological polar surface area (TPSA) is 142 Å². The Morgan fingerprint density at radius 2 is 1.48 bits per heavy atom. The molecule has 0 aliphatic rings. The third-order valence-corrected chi connectivity index (χ3v) is 5.40. The van der Waals surface area contributed by atoms with Gasteiger partial charge in [-0.25, -0.2) is 0 Å². The number of amides is 2. The van der Waals surface area contributed by atoms with E-state index in [1.807, 2.05) is 5.82 Å². The van der Waals surface area contributed by atoms with Crippen molar-refractivity contribution in [1.82, 2.24) is 10.6 Å². The number of rotatable bonds is 10. The van der Waals surface area contributed by atoms with E-state index in [0.29, 0.717) is 5.32 Å². The van der Waals surface area contributed by atoms with E-state index in [1.54, 1.807) is 41.5 Å². The average molecular weight is 481 g/mol. The van der Waals surface area contributed by atoms with E-state index >= 15 is 0 Å². The second kappa shape index (κ2) is 11.4. The molecule has 0 spiro atoms. The van der Waals surface area contributed by atoms with Crippen LogP contribution in [0.25, 0.3) is 0 Å². The molecule has 1 unspecified atom stereocenters. The Morgan fingerprint density at radius 3 is 1.86 bits per heavy atom. The molecule has 29 heavy (non-hydrogen) atoms. The summed E-state index contributed by atoms with van der Waals surface area (Å²) in [5.41, 5.74) is -1.49. The first kappa shape index (κ1) is 27.2. The first-order valence-corrected chi connectivity index (χ1v) is 12.3. The van der Waals surface area contributed by atoms with Crippen LogP contribution in [0.3, 0.4) is 0 Å². The van der Waals surface area contributed by atoms with Crippen molar-refractivity contribution in [3.63, 3.8) is 0 Å². The van der Waals surface area contributed by atoms with E-state index in [1.165, 1.54) is 0 Å². The van der Waals surface area contributed by atoms with Crippen molar-refractivity contribution < 1.29 is 34.1 Å². The van der Waals surface area contributed by atoms with E-state index in [4.69, 9.17) is 4.74 Å². The van der Waals surface area contributed by atoms with Gasteiger partial charge in [-0.2, -0.15) is 0 Å². The van der Waals surface area contributed by atoms with Gasteiger partial charge >= 0.3 is 178 Å². The Kier molecular flexibility index (Phi) is 10.7. The van der Waals surface area contributed by atoms with Crippen LogP contribution in [0.15, 0.2) is 0 Å². The molecule has 168 valence electrons. The van der Waals surface area contributed by atoms with Gasteiger partial charge in [-0.1, -0.05) is 0 Å². The summed E-state index contributed by atoms with van der Waals surface area (Å²) in [5, 5.41) is 24.4. The SMILES string of the molecule is C[Se]CC[C@H](NC(=O)[C@H](CC(C(=O)O)C(C)(C)C)NC(=O)OC(C)(C)C)C(=O)O. The first-order valence-electron chi connectivity index (χ1n) is 9.33. The van der Waals surface area contributed by atoms with Crippen molar-refractivity contribution >= 4 is 38.9 Å². The standard InChI is InChI=1S/C19H34N2O7Se/c1-18(2,3)11(15(23)24)10-13(21-17(27)28-19(4,5)6)14(22)20-12(16(25)26)8-9-29-7/h11-13H,8-10H2,1-7H3,(H,20,22)(H,21,27)(H,23,24)(H,25,26)/t11?,12-,13-/m0/s1. The number of alkyl carbamates (subject to hydrolysis) is 1. The molecule has 0 aliphatic carbocycles. The van der Waals surface area contributed by atoms with E-state index in [-0.39, 0.29) is 27.8 Å². The van der Waals surface area contributed by atoms with Crippen LogP contribution in [0.1, 0.15) is 54.4 Å². The zero-order valence-corrected chi connectivity index (χ0v) is 19.9. The van der Waals surface area contributed by atoms with Gasteiger partial charge in [0.2, 0.25) is 0 Å². The van der Waals surface area contributed by atoms with E-state index in [0.717, 1.165) is 0 Å². The molecule has 10 heteroatoms. The van der Waals surface area contributed by atoms with Crippen LogP contribution in [0.4, 0.5) is 4.79 Å². The van der Waals surface area contributed by atoms with Gasteiger partial charge < -0.3 is 0 Å². The van der Waals surface area contributed by atoms with Gasteiger partial charge in [0, 0.05) is 0 Å². The Hall–Kier alpha value is -1.80. The van der Waals surface area contributed by atoms with Crippen LogP contribution in [-0.2, 0) is 19.1 Å². The van der Waals surface area contributed by atoms with Gasteiger partial charge in [-0.15, -0.1) is 0 Å². The number of nitrogens with one attached hydrogen (secondary N) is 2. The van der Waals surface area contributed by atoms with Gasteiger partial charge in [0.1, 0.15) is 0 Å². The van der Waals surface area contributed by atoms with Gasteiger partial charge in [-0.3, -0.25) is 0 Å². The molecule has 0 bridgehead atoms. The van der Waals surface area contributed by atoms with Crippen LogP contribution in [0, 0.1) is 11.3 Å². The van der Waals surface area contributed by atoms with E-state index in [9.17, 15) is 29.4 Å². The predicted octanol–water partition coefficient (Wildman–Crippen LogP) is 2.15. The molecule has 0 rings (SSSR count). The van der Waals surface area contributed by atoms with Crippen molar-refractivity contribution in [2.24, 2.45) is 11.3 Å². The molecule has 0 heterocycles. The monoisotopic (exact) mass is 482 g/mol. The number of ether oxygens (including phenoxy) is 1. The van der Waals surface area contributed by atoms with Gasteiger partial charge in [-0.05, 0) is 0 Å². The number of carboxylic acid groups (broad SMARTS) is 2. The molecular weight excluding hydrogens is 447 g/mol. The summed E-state index contributed by atoms with van der Waals surface area (Å²) in [6.07, 6.45) is -0.814. The fourth-order valence-corrected chi connectivity index (χ4v) is 3.50. The molecule has 0 saturated heterocycles. The minimum absolute atomic E-state index is 0.200. The maximum atomic E-state index is 12.8. The molecule has 0 aromatic carbocycles. The molecule has 4 N–H and O–H groups in total. The summed E-state index contributed by atoms with van der Waals surface area (Å²) >= 11 is 0.243. The van der Waals surface area contributed by atoms with Crippen molar-refractivity contribution in [1.29, 1.82) is 0 Å².